The molecular weight excluding hydrogens is 318 g/mol. The molecule has 0 atom stereocenters. The minimum Gasteiger partial charge on any atom is -0.351 e. The monoisotopic (exact) mass is 323 g/mol. The number of fused-ring (bicyclic) bond motifs is 1. The number of nitrogens with one attached hydrogen (secondary N) is 1. The maximum absolute atomic E-state index is 13.4. The Bertz CT molecular complexity index is 690. The van der Waals surface area contributed by atoms with Crippen LogP contribution in [0.4, 0.5) is 17.6 Å². The summed E-state index contributed by atoms with van der Waals surface area (Å²) in [5.74, 6) is -0.690. The molecule has 96 valence electrons. The lowest BCUT2D eigenvalue weighted by molar-refractivity contribution is -0.141. The molecule has 0 fully saturated rings. The van der Waals surface area contributed by atoms with Gasteiger partial charge in [-0.15, -0.1) is 0 Å². The Morgan fingerprint density at radius 3 is 2.44 bits per heavy atom. The van der Waals surface area contributed by atoms with E-state index in [1.54, 1.807) is 0 Å². The first-order valence-corrected chi connectivity index (χ1v) is 5.60. The Kier molecular flexibility index (Phi) is 2.96. The molecule has 0 aliphatic heterocycles. The van der Waals surface area contributed by atoms with Gasteiger partial charge in [-0.25, -0.2) is 4.39 Å². The summed E-state index contributed by atoms with van der Waals surface area (Å²) in [6, 6.07) is 1.48. The Morgan fingerprint density at radius 1 is 1.28 bits per heavy atom. The molecule has 0 saturated heterocycles. The molecule has 1 N–H and O–H groups in total. The highest BCUT2D eigenvalue weighted by atomic mass is 79.9. The average molecular weight is 324 g/mol. The second-order valence-corrected chi connectivity index (χ2v) is 4.58. The van der Waals surface area contributed by atoms with Crippen molar-refractivity contribution < 1.29 is 17.6 Å². The SMILES string of the molecule is Cc1cc(F)c(Br)c2c(=O)cc(C(F)(F)F)[nH]c12. The molecule has 0 bridgehead atoms. The van der Waals surface area contributed by atoms with Crippen molar-refractivity contribution in [1.29, 1.82) is 0 Å². The summed E-state index contributed by atoms with van der Waals surface area (Å²) in [7, 11) is 0. The highest BCUT2D eigenvalue weighted by Crippen LogP contribution is 2.31. The number of hydrogen-bond acceptors (Lipinski definition) is 1. The quantitative estimate of drug-likeness (QED) is 0.736. The zero-order chi connectivity index (χ0) is 13.7. The first kappa shape index (κ1) is 13.1. The van der Waals surface area contributed by atoms with Gasteiger partial charge in [0.15, 0.2) is 5.43 Å². The summed E-state index contributed by atoms with van der Waals surface area (Å²) in [5.41, 5.74) is -1.83. The van der Waals surface area contributed by atoms with E-state index in [9.17, 15) is 22.4 Å². The molecule has 1 aromatic heterocycles. The van der Waals surface area contributed by atoms with Crippen LogP contribution in [0.25, 0.3) is 10.9 Å². The van der Waals surface area contributed by atoms with Gasteiger partial charge in [-0.05, 0) is 34.5 Å². The number of halogens is 5. The lowest BCUT2D eigenvalue weighted by atomic mass is 10.1. The predicted octanol–water partition coefficient (Wildman–Crippen LogP) is 3.76. The number of aromatic nitrogens is 1. The fraction of sp³-hybridized carbons (Fsp3) is 0.182. The van der Waals surface area contributed by atoms with Gasteiger partial charge in [0.2, 0.25) is 0 Å². The molecule has 0 radical (unpaired) electrons. The van der Waals surface area contributed by atoms with E-state index in [-0.39, 0.29) is 20.9 Å². The molecule has 2 aromatic rings. The Balaban J connectivity index is 2.96. The van der Waals surface area contributed by atoms with Crippen LogP contribution >= 0.6 is 15.9 Å². The number of pyridine rings is 1. The van der Waals surface area contributed by atoms with Crippen molar-refractivity contribution in [2.24, 2.45) is 0 Å². The van der Waals surface area contributed by atoms with Gasteiger partial charge in [-0.3, -0.25) is 4.79 Å². The third-order valence-electron chi connectivity index (χ3n) is 2.50. The molecule has 0 aliphatic rings. The number of hydrogen-bond donors (Lipinski definition) is 1. The van der Waals surface area contributed by atoms with Crippen LogP contribution in [0.1, 0.15) is 11.3 Å². The van der Waals surface area contributed by atoms with Crippen LogP contribution in [0.5, 0.6) is 0 Å². The highest BCUT2D eigenvalue weighted by molar-refractivity contribution is 9.10. The second kappa shape index (κ2) is 4.08. The van der Waals surface area contributed by atoms with Gasteiger partial charge in [-0.1, -0.05) is 0 Å². The van der Waals surface area contributed by atoms with E-state index >= 15 is 0 Å². The minimum atomic E-state index is -4.65. The van der Waals surface area contributed by atoms with E-state index in [2.05, 4.69) is 20.9 Å². The van der Waals surface area contributed by atoms with Gasteiger partial charge >= 0.3 is 6.18 Å². The molecule has 0 spiro atoms. The number of benzene rings is 1. The van der Waals surface area contributed by atoms with Crippen molar-refractivity contribution in [2.45, 2.75) is 13.1 Å². The van der Waals surface area contributed by atoms with Crippen molar-refractivity contribution in [3.05, 3.63) is 43.9 Å². The molecule has 0 unspecified atom stereocenters. The Morgan fingerprint density at radius 2 is 1.89 bits per heavy atom. The van der Waals surface area contributed by atoms with Gasteiger partial charge in [0.05, 0.1) is 15.4 Å². The van der Waals surface area contributed by atoms with Crippen LogP contribution in [-0.2, 0) is 6.18 Å². The molecule has 1 aromatic carbocycles. The number of rotatable bonds is 0. The normalized spacial score (nSPS) is 12.1. The molecule has 1 heterocycles. The van der Waals surface area contributed by atoms with Crippen molar-refractivity contribution in [3.63, 3.8) is 0 Å². The molecule has 7 heteroatoms. The van der Waals surface area contributed by atoms with Crippen LogP contribution in [0.3, 0.4) is 0 Å². The van der Waals surface area contributed by atoms with Crippen molar-refractivity contribution in [3.8, 4) is 0 Å². The molecule has 18 heavy (non-hydrogen) atoms. The molecule has 2 rings (SSSR count). The van der Waals surface area contributed by atoms with Crippen LogP contribution in [0.15, 0.2) is 21.4 Å². The molecule has 0 aliphatic carbocycles. The van der Waals surface area contributed by atoms with E-state index in [1.807, 2.05) is 0 Å². The zero-order valence-corrected chi connectivity index (χ0v) is 10.5. The molecule has 0 saturated carbocycles. The number of alkyl halides is 3. The van der Waals surface area contributed by atoms with Crippen molar-refractivity contribution in [1.82, 2.24) is 4.98 Å². The maximum Gasteiger partial charge on any atom is 0.431 e. The van der Waals surface area contributed by atoms with Crippen molar-refractivity contribution >= 4 is 26.8 Å². The first-order chi connectivity index (χ1) is 8.21. The second-order valence-electron chi connectivity index (χ2n) is 3.78. The smallest absolute Gasteiger partial charge is 0.351 e. The third-order valence-corrected chi connectivity index (χ3v) is 3.28. The maximum atomic E-state index is 13.4. The standard InChI is InChI=1S/C11H6BrF4NO/c1-4-2-5(13)9(12)8-6(18)3-7(11(14,15)16)17-10(4)8/h2-3H,1H3,(H,17,18). The van der Waals surface area contributed by atoms with Crippen LogP contribution in [0.2, 0.25) is 0 Å². The van der Waals surface area contributed by atoms with Gasteiger partial charge in [0.1, 0.15) is 11.5 Å². The predicted molar refractivity (Wildman–Crippen MR) is 62.0 cm³/mol. The number of aryl methyl sites for hydroxylation is 1. The van der Waals surface area contributed by atoms with Crippen LogP contribution in [-0.4, -0.2) is 4.98 Å². The zero-order valence-electron chi connectivity index (χ0n) is 8.95. The summed E-state index contributed by atoms with van der Waals surface area (Å²) in [4.78, 5) is 13.8. The van der Waals surface area contributed by atoms with E-state index in [0.717, 1.165) is 6.07 Å². The van der Waals surface area contributed by atoms with E-state index in [0.29, 0.717) is 6.07 Å². The summed E-state index contributed by atoms with van der Waals surface area (Å²) >= 11 is 2.86. The van der Waals surface area contributed by atoms with Crippen LogP contribution in [0, 0.1) is 12.7 Å². The molecular formula is C11H6BrF4NO. The summed E-state index contributed by atoms with van der Waals surface area (Å²) in [5, 5.41) is -0.125. The molecule has 2 nitrogen and oxygen atoms in total. The van der Waals surface area contributed by atoms with Gasteiger partial charge in [-0.2, -0.15) is 13.2 Å². The minimum absolute atomic E-state index is 0.0249. The van der Waals surface area contributed by atoms with Crippen molar-refractivity contribution in [2.75, 3.05) is 0 Å². The van der Waals surface area contributed by atoms with E-state index < -0.39 is 23.1 Å². The van der Waals surface area contributed by atoms with Gasteiger partial charge < -0.3 is 4.98 Å². The topological polar surface area (TPSA) is 32.9 Å². The number of H-pyrrole nitrogens is 1. The summed E-state index contributed by atoms with van der Waals surface area (Å²) in [6.07, 6.45) is -4.65. The summed E-state index contributed by atoms with van der Waals surface area (Å²) in [6.45, 7) is 1.42. The highest BCUT2D eigenvalue weighted by Gasteiger charge is 2.32. The average Bonchev–Trinajstić information content (AvgIpc) is 2.24. The first-order valence-electron chi connectivity index (χ1n) is 4.80. The largest absolute Gasteiger partial charge is 0.431 e. The summed E-state index contributed by atoms with van der Waals surface area (Å²) < 4.78 is 50.9. The fourth-order valence-electron chi connectivity index (χ4n) is 1.67. The van der Waals surface area contributed by atoms with E-state index in [4.69, 9.17) is 0 Å². The Hall–Kier alpha value is -1.37. The number of aromatic amines is 1. The van der Waals surface area contributed by atoms with Crippen LogP contribution < -0.4 is 5.43 Å². The fourth-order valence-corrected chi connectivity index (χ4v) is 2.18. The van der Waals surface area contributed by atoms with Gasteiger partial charge in [0, 0.05) is 6.07 Å². The lowest BCUT2D eigenvalue weighted by Gasteiger charge is -2.10. The third kappa shape index (κ3) is 2.03. The van der Waals surface area contributed by atoms with E-state index in [1.165, 1.54) is 6.92 Å². The van der Waals surface area contributed by atoms with Gasteiger partial charge in [0.25, 0.3) is 0 Å². The lowest BCUT2D eigenvalue weighted by Crippen LogP contribution is -2.15. The Labute approximate surface area is 107 Å². The molecule has 0 amide bonds.